The van der Waals surface area contributed by atoms with E-state index in [1.165, 1.54) is 11.3 Å². The van der Waals surface area contributed by atoms with Crippen LogP contribution < -0.4 is 4.90 Å². The van der Waals surface area contributed by atoms with Crippen molar-refractivity contribution in [2.75, 3.05) is 19.0 Å². The first kappa shape index (κ1) is 12.3. The van der Waals surface area contributed by atoms with E-state index >= 15 is 0 Å². The molecule has 0 saturated carbocycles. The molecule has 0 unspecified atom stereocenters. The van der Waals surface area contributed by atoms with Crippen LogP contribution in [-0.2, 0) is 0 Å². The van der Waals surface area contributed by atoms with Gasteiger partial charge in [0.15, 0.2) is 0 Å². The van der Waals surface area contributed by atoms with Gasteiger partial charge in [-0.1, -0.05) is 18.2 Å². The molecule has 2 aromatic heterocycles. The summed E-state index contributed by atoms with van der Waals surface area (Å²) in [4.78, 5) is 6.56. The number of benzene rings is 1. The van der Waals surface area contributed by atoms with E-state index in [0.29, 0.717) is 0 Å². The van der Waals surface area contributed by atoms with Gasteiger partial charge in [0.2, 0.25) is 0 Å². The van der Waals surface area contributed by atoms with Crippen LogP contribution >= 0.6 is 0 Å². The second-order valence-electron chi connectivity index (χ2n) is 4.69. The van der Waals surface area contributed by atoms with E-state index in [1.54, 1.807) is 17.2 Å². The van der Waals surface area contributed by atoms with Gasteiger partial charge in [-0.2, -0.15) is 0 Å². The lowest BCUT2D eigenvalue weighted by molar-refractivity contribution is 0.991. The summed E-state index contributed by atoms with van der Waals surface area (Å²) in [5.41, 5.74) is 3.43. The lowest BCUT2D eigenvalue weighted by Crippen LogP contribution is -2.09. The Labute approximate surface area is 117 Å². The quantitative estimate of drug-likeness (QED) is 0.729. The predicted molar refractivity (Wildman–Crippen MR) is 78.9 cm³/mol. The van der Waals surface area contributed by atoms with E-state index in [0.717, 1.165) is 11.4 Å². The summed E-state index contributed by atoms with van der Waals surface area (Å²) in [5.74, 6) is 0.807. The fraction of sp³-hybridized carbons (Fsp3) is 0.133. The van der Waals surface area contributed by atoms with Gasteiger partial charge in [0, 0.05) is 37.1 Å². The Balaban J connectivity index is 2.00. The summed E-state index contributed by atoms with van der Waals surface area (Å²) in [6, 6.07) is 12.3. The first-order chi connectivity index (χ1) is 9.75. The third-order valence-corrected chi connectivity index (χ3v) is 3.13. The minimum Gasteiger partial charge on any atom is -0.377 e. The number of hydrogen-bond acceptors (Lipinski definition) is 4. The van der Waals surface area contributed by atoms with Crippen molar-refractivity contribution < 1.29 is 0 Å². The zero-order chi connectivity index (χ0) is 13.9. The third-order valence-electron chi connectivity index (χ3n) is 3.13. The van der Waals surface area contributed by atoms with Crippen LogP contribution in [0.4, 0.5) is 5.69 Å². The Morgan fingerprint density at radius 2 is 1.70 bits per heavy atom. The Morgan fingerprint density at radius 3 is 2.35 bits per heavy atom. The number of anilines is 1. The molecule has 20 heavy (non-hydrogen) atoms. The number of nitrogens with zero attached hydrogens (tertiary/aromatic N) is 5. The Hall–Kier alpha value is -2.69. The van der Waals surface area contributed by atoms with Crippen LogP contribution in [0.15, 0.2) is 55.2 Å². The van der Waals surface area contributed by atoms with E-state index in [-0.39, 0.29) is 0 Å². The standard InChI is InChI=1S/C15H15N5/c1-19(2)14-6-4-3-5-13(14)12-7-8-15(16-9-12)20-10-17-18-11-20/h3-11H,1-2H3. The maximum atomic E-state index is 4.46. The van der Waals surface area contributed by atoms with Crippen molar-refractivity contribution in [2.45, 2.75) is 0 Å². The topological polar surface area (TPSA) is 46.8 Å². The molecule has 0 aliphatic carbocycles. The summed E-state index contributed by atoms with van der Waals surface area (Å²) in [6.45, 7) is 0. The highest BCUT2D eigenvalue weighted by atomic mass is 15.2. The molecule has 0 bridgehead atoms. The van der Waals surface area contributed by atoms with Crippen LogP contribution in [0.2, 0.25) is 0 Å². The fourth-order valence-corrected chi connectivity index (χ4v) is 2.12. The molecule has 3 rings (SSSR count). The highest BCUT2D eigenvalue weighted by molar-refractivity contribution is 5.78. The molecule has 0 fully saturated rings. The summed E-state index contributed by atoms with van der Waals surface area (Å²) < 4.78 is 1.78. The van der Waals surface area contributed by atoms with Gasteiger partial charge in [-0.15, -0.1) is 10.2 Å². The molecule has 100 valence electrons. The molecule has 5 heteroatoms. The molecule has 0 saturated heterocycles. The zero-order valence-electron chi connectivity index (χ0n) is 11.4. The molecule has 0 radical (unpaired) electrons. The van der Waals surface area contributed by atoms with Crippen molar-refractivity contribution in [2.24, 2.45) is 0 Å². The van der Waals surface area contributed by atoms with Gasteiger partial charge in [-0.25, -0.2) is 4.98 Å². The van der Waals surface area contributed by atoms with Crippen molar-refractivity contribution >= 4 is 5.69 Å². The average molecular weight is 265 g/mol. The van der Waals surface area contributed by atoms with Crippen molar-refractivity contribution in [1.29, 1.82) is 0 Å². The van der Waals surface area contributed by atoms with Gasteiger partial charge in [0.05, 0.1) is 0 Å². The summed E-state index contributed by atoms with van der Waals surface area (Å²) in [6.07, 6.45) is 5.14. The van der Waals surface area contributed by atoms with E-state index in [2.05, 4.69) is 38.3 Å². The summed E-state index contributed by atoms with van der Waals surface area (Å²) >= 11 is 0. The Morgan fingerprint density at radius 1 is 0.950 bits per heavy atom. The highest BCUT2D eigenvalue weighted by Crippen LogP contribution is 2.29. The van der Waals surface area contributed by atoms with Gasteiger partial charge >= 0.3 is 0 Å². The van der Waals surface area contributed by atoms with Crippen LogP contribution in [0.3, 0.4) is 0 Å². The van der Waals surface area contributed by atoms with Crippen LogP contribution in [0.5, 0.6) is 0 Å². The zero-order valence-corrected chi connectivity index (χ0v) is 11.4. The van der Waals surface area contributed by atoms with Gasteiger partial charge in [-0.3, -0.25) is 4.57 Å². The number of para-hydroxylation sites is 1. The predicted octanol–water partition coefficient (Wildman–Crippen LogP) is 2.40. The second kappa shape index (κ2) is 5.13. The maximum Gasteiger partial charge on any atom is 0.139 e. The average Bonchev–Trinajstić information content (AvgIpc) is 3.02. The van der Waals surface area contributed by atoms with Gasteiger partial charge in [0.1, 0.15) is 18.5 Å². The van der Waals surface area contributed by atoms with Gasteiger partial charge < -0.3 is 4.90 Å². The lowest BCUT2D eigenvalue weighted by Gasteiger charge is -2.17. The molecule has 2 heterocycles. The normalized spacial score (nSPS) is 10.5. The number of pyridine rings is 1. The van der Waals surface area contributed by atoms with Crippen molar-refractivity contribution in [3.63, 3.8) is 0 Å². The number of rotatable bonds is 3. The highest BCUT2D eigenvalue weighted by Gasteiger charge is 2.07. The number of aromatic nitrogens is 4. The van der Waals surface area contributed by atoms with E-state index in [4.69, 9.17) is 0 Å². The van der Waals surface area contributed by atoms with Crippen LogP contribution in [0.25, 0.3) is 16.9 Å². The van der Waals surface area contributed by atoms with Gasteiger partial charge in [-0.05, 0) is 18.2 Å². The van der Waals surface area contributed by atoms with Crippen LogP contribution in [0, 0.1) is 0 Å². The fourth-order valence-electron chi connectivity index (χ4n) is 2.12. The Kier molecular flexibility index (Phi) is 3.16. The van der Waals surface area contributed by atoms with Crippen molar-refractivity contribution in [3.05, 3.63) is 55.2 Å². The van der Waals surface area contributed by atoms with Crippen molar-refractivity contribution in [3.8, 4) is 16.9 Å². The molecule has 1 aromatic carbocycles. The van der Waals surface area contributed by atoms with Crippen LogP contribution in [0.1, 0.15) is 0 Å². The molecule has 0 atom stereocenters. The lowest BCUT2D eigenvalue weighted by atomic mass is 10.1. The maximum absolute atomic E-state index is 4.46. The van der Waals surface area contributed by atoms with E-state index in [9.17, 15) is 0 Å². The molecule has 0 aliphatic heterocycles. The second-order valence-corrected chi connectivity index (χ2v) is 4.69. The minimum atomic E-state index is 0.807. The first-order valence-corrected chi connectivity index (χ1v) is 6.33. The molecule has 0 aliphatic rings. The summed E-state index contributed by atoms with van der Waals surface area (Å²) in [5, 5.41) is 7.57. The SMILES string of the molecule is CN(C)c1ccccc1-c1ccc(-n2cnnc2)nc1. The molecule has 0 spiro atoms. The Bertz CT molecular complexity index is 687. The molecule has 0 N–H and O–H groups in total. The third kappa shape index (κ3) is 2.25. The smallest absolute Gasteiger partial charge is 0.139 e. The van der Waals surface area contributed by atoms with Gasteiger partial charge in [0.25, 0.3) is 0 Å². The largest absolute Gasteiger partial charge is 0.377 e. The first-order valence-electron chi connectivity index (χ1n) is 6.33. The number of hydrogen-bond donors (Lipinski definition) is 0. The minimum absolute atomic E-state index is 0.807. The molecule has 5 nitrogen and oxygen atoms in total. The molecule has 0 amide bonds. The van der Waals surface area contributed by atoms with E-state index in [1.807, 2.05) is 38.5 Å². The summed E-state index contributed by atoms with van der Waals surface area (Å²) in [7, 11) is 4.08. The van der Waals surface area contributed by atoms with E-state index < -0.39 is 0 Å². The molecule has 3 aromatic rings. The molecular formula is C15H15N5. The van der Waals surface area contributed by atoms with Crippen molar-refractivity contribution in [1.82, 2.24) is 19.7 Å². The molecular weight excluding hydrogens is 250 g/mol. The monoisotopic (exact) mass is 265 g/mol. The van der Waals surface area contributed by atoms with Crippen LogP contribution in [-0.4, -0.2) is 33.8 Å².